The first-order valence-electron chi connectivity index (χ1n) is 8.66. The van der Waals surface area contributed by atoms with E-state index in [1.807, 2.05) is 0 Å². The van der Waals surface area contributed by atoms with Crippen molar-refractivity contribution in [1.29, 1.82) is 0 Å². The maximum absolute atomic E-state index is 12.2. The van der Waals surface area contributed by atoms with Crippen molar-refractivity contribution < 1.29 is 28.5 Å². The lowest BCUT2D eigenvalue weighted by Gasteiger charge is -2.21. The Hall–Kier alpha value is -3.68. The number of hydrogen-bond donors (Lipinski definition) is 2. The fourth-order valence-electron chi connectivity index (χ4n) is 3.18. The van der Waals surface area contributed by atoms with Crippen LogP contribution in [0.3, 0.4) is 0 Å². The number of para-hydroxylation sites is 1. The van der Waals surface area contributed by atoms with Crippen LogP contribution >= 0.6 is 0 Å². The van der Waals surface area contributed by atoms with E-state index in [0.717, 1.165) is 12.1 Å². The molecule has 1 aromatic carbocycles. The number of hydrogen-bond acceptors (Lipinski definition) is 8. The standard InChI is InChI=1S/C21H20O8/c1-10-8-13(22)17(24)20(28-10)16(21-18(25)14(23)9-11(2)29-21)12-6-5-7-15(26-3)19(12)27-4/h5-9,16,24-25H,1-4H3. The van der Waals surface area contributed by atoms with Crippen molar-refractivity contribution in [2.75, 3.05) is 14.2 Å². The number of aryl methyl sites for hydroxylation is 2. The van der Waals surface area contributed by atoms with Gasteiger partial charge in [-0.3, -0.25) is 9.59 Å². The van der Waals surface area contributed by atoms with Crippen LogP contribution in [0.1, 0.15) is 34.5 Å². The molecule has 152 valence electrons. The molecule has 0 atom stereocenters. The first-order valence-corrected chi connectivity index (χ1v) is 8.66. The summed E-state index contributed by atoms with van der Waals surface area (Å²) in [4.78, 5) is 24.4. The van der Waals surface area contributed by atoms with Gasteiger partial charge < -0.3 is 28.5 Å². The molecule has 3 rings (SSSR count). The minimum Gasteiger partial charge on any atom is -0.502 e. The second kappa shape index (κ2) is 7.75. The molecule has 0 spiro atoms. The summed E-state index contributed by atoms with van der Waals surface area (Å²) in [5.41, 5.74) is -1.00. The molecule has 0 radical (unpaired) electrons. The van der Waals surface area contributed by atoms with Gasteiger partial charge in [-0.15, -0.1) is 0 Å². The van der Waals surface area contributed by atoms with Crippen LogP contribution in [-0.4, -0.2) is 24.4 Å². The summed E-state index contributed by atoms with van der Waals surface area (Å²) in [6.45, 7) is 3.08. The molecular weight excluding hydrogens is 380 g/mol. The third kappa shape index (κ3) is 3.56. The van der Waals surface area contributed by atoms with Crippen molar-refractivity contribution in [3.8, 4) is 23.0 Å². The van der Waals surface area contributed by atoms with Crippen molar-refractivity contribution in [3.05, 3.63) is 79.4 Å². The number of rotatable bonds is 5. The SMILES string of the molecule is COc1cccc(C(c2oc(C)cc(=O)c2O)c2oc(C)cc(=O)c2O)c1OC. The molecule has 0 saturated carbocycles. The molecule has 2 N–H and O–H groups in total. The van der Waals surface area contributed by atoms with Crippen LogP contribution in [0.2, 0.25) is 0 Å². The average molecular weight is 400 g/mol. The summed E-state index contributed by atoms with van der Waals surface area (Å²) in [5.74, 6) is -1.85. The fraction of sp³-hybridized carbons (Fsp3) is 0.238. The van der Waals surface area contributed by atoms with Gasteiger partial charge in [0, 0.05) is 17.7 Å². The Bertz CT molecular complexity index is 1110. The van der Waals surface area contributed by atoms with E-state index in [0.29, 0.717) is 11.3 Å². The zero-order valence-electron chi connectivity index (χ0n) is 16.3. The molecule has 3 aromatic rings. The Morgan fingerprint density at radius 2 is 1.38 bits per heavy atom. The molecule has 0 amide bonds. The highest BCUT2D eigenvalue weighted by atomic mass is 16.5. The normalized spacial score (nSPS) is 10.9. The van der Waals surface area contributed by atoms with E-state index in [9.17, 15) is 19.8 Å². The highest BCUT2D eigenvalue weighted by Gasteiger charge is 2.34. The maximum Gasteiger partial charge on any atom is 0.227 e. The van der Waals surface area contributed by atoms with E-state index >= 15 is 0 Å². The van der Waals surface area contributed by atoms with E-state index in [-0.39, 0.29) is 28.8 Å². The zero-order chi connectivity index (χ0) is 21.3. The van der Waals surface area contributed by atoms with E-state index in [4.69, 9.17) is 18.3 Å². The first kappa shape index (κ1) is 20.1. The lowest BCUT2D eigenvalue weighted by molar-refractivity contribution is 0.330. The molecule has 0 saturated heterocycles. The molecule has 0 fully saturated rings. The molecule has 8 nitrogen and oxygen atoms in total. The lowest BCUT2D eigenvalue weighted by atomic mass is 9.90. The van der Waals surface area contributed by atoms with Gasteiger partial charge in [0.15, 0.2) is 23.0 Å². The van der Waals surface area contributed by atoms with Gasteiger partial charge in [0.25, 0.3) is 0 Å². The van der Waals surface area contributed by atoms with Gasteiger partial charge in [0.1, 0.15) is 17.4 Å². The molecular formula is C21H20O8. The van der Waals surface area contributed by atoms with Gasteiger partial charge in [0.2, 0.25) is 22.4 Å². The Morgan fingerprint density at radius 3 is 1.83 bits per heavy atom. The predicted molar refractivity (Wildman–Crippen MR) is 103 cm³/mol. The van der Waals surface area contributed by atoms with Crippen molar-refractivity contribution in [1.82, 2.24) is 0 Å². The van der Waals surface area contributed by atoms with Crippen LogP contribution in [0.4, 0.5) is 0 Å². The first-order chi connectivity index (χ1) is 13.8. The van der Waals surface area contributed by atoms with E-state index in [1.165, 1.54) is 28.1 Å². The third-order valence-corrected chi connectivity index (χ3v) is 4.41. The van der Waals surface area contributed by atoms with Crippen LogP contribution < -0.4 is 20.3 Å². The van der Waals surface area contributed by atoms with Crippen LogP contribution in [0, 0.1) is 13.8 Å². The summed E-state index contributed by atoms with van der Waals surface area (Å²) in [6, 6.07) is 7.18. The molecule has 0 bridgehead atoms. The smallest absolute Gasteiger partial charge is 0.227 e. The number of ether oxygens (including phenoxy) is 2. The van der Waals surface area contributed by atoms with Crippen molar-refractivity contribution in [2.45, 2.75) is 19.8 Å². The van der Waals surface area contributed by atoms with Gasteiger partial charge in [-0.05, 0) is 19.9 Å². The predicted octanol–water partition coefficient (Wildman–Crippen LogP) is 2.82. The van der Waals surface area contributed by atoms with Gasteiger partial charge in [-0.25, -0.2) is 0 Å². The summed E-state index contributed by atoms with van der Waals surface area (Å²) in [6.07, 6.45) is 0. The Morgan fingerprint density at radius 1 is 0.862 bits per heavy atom. The van der Waals surface area contributed by atoms with Crippen LogP contribution in [-0.2, 0) is 0 Å². The Kier molecular flexibility index (Phi) is 5.36. The molecule has 2 heterocycles. The quantitative estimate of drug-likeness (QED) is 0.671. The molecule has 2 aromatic heterocycles. The van der Waals surface area contributed by atoms with Gasteiger partial charge >= 0.3 is 0 Å². The monoisotopic (exact) mass is 400 g/mol. The highest BCUT2D eigenvalue weighted by Crippen LogP contribution is 2.45. The largest absolute Gasteiger partial charge is 0.502 e. The number of benzene rings is 1. The summed E-state index contributed by atoms with van der Waals surface area (Å²) < 4.78 is 22.1. The van der Waals surface area contributed by atoms with Gasteiger partial charge in [-0.1, -0.05) is 12.1 Å². The van der Waals surface area contributed by atoms with Crippen LogP contribution in [0.25, 0.3) is 0 Å². The molecule has 0 aliphatic carbocycles. The van der Waals surface area contributed by atoms with Crippen molar-refractivity contribution >= 4 is 0 Å². The molecule has 8 heteroatoms. The molecule has 0 unspecified atom stereocenters. The topological polar surface area (TPSA) is 119 Å². The average Bonchev–Trinajstić information content (AvgIpc) is 2.68. The van der Waals surface area contributed by atoms with E-state index < -0.39 is 28.3 Å². The van der Waals surface area contributed by atoms with E-state index in [2.05, 4.69) is 0 Å². The highest BCUT2D eigenvalue weighted by molar-refractivity contribution is 5.55. The van der Waals surface area contributed by atoms with Crippen molar-refractivity contribution in [2.24, 2.45) is 0 Å². The van der Waals surface area contributed by atoms with Gasteiger partial charge in [-0.2, -0.15) is 0 Å². The number of methoxy groups -OCH3 is 2. The third-order valence-electron chi connectivity index (χ3n) is 4.41. The fourth-order valence-corrected chi connectivity index (χ4v) is 3.18. The summed E-state index contributed by atoms with van der Waals surface area (Å²) in [5, 5.41) is 20.9. The minimum atomic E-state index is -1.17. The Labute approximate surface area is 165 Å². The molecule has 0 aliphatic rings. The van der Waals surface area contributed by atoms with Crippen LogP contribution in [0.5, 0.6) is 23.0 Å². The van der Waals surface area contributed by atoms with Crippen molar-refractivity contribution in [3.63, 3.8) is 0 Å². The second-order valence-electron chi connectivity index (χ2n) is 6.38. The maximum atomic E-state index is 12.2. The molecule has 0 aliphatic heterocycles. The van der Waals surface area contributed by atoms with Gasteiger partial charge in [0.05, 0.1) is 14.2 Å². The summed E-state index contributed by atoms with van der Waals surface area (Å²) >= 11 is 0. The van der Waals surface area contributed by atoms with Crippen LogP contribution in [0.15, 0.2) is 48.8 Å². The second-order valence-corrected chi connectivity index (χ2v) is 6.38. The summed E-state index contributed by atoms with van der Waals surface area (Å²) in [7, 11) is 2.86. The Balaban J connectivity index is 2.46. The zero-order valence-corrected chi connectivity index (χ0v) is 16.3. The lowest BCUT2D eigenvalue weighted by Crippen LogP contribution is -2.14. The number of aromatic hydroxyl groups is 2. The minimum absolute atomic E-state index is 0.203. The van der Waals surface area contributed by atoms with E-state index in [1.54, 1.807) is 18.2 Å². The molecule has 29 heavy (non-hydrogen) atoms.